The van der Waals surface area contributed by atoms with Gasteiger partial charge in [-0.05, 0) is 6.92 Å². The minimum Gasteiger partial charge on any atom is -0.0439 e. The van der Waals surface area contributed by atoms with Crippen LogP contribution in [0, 0.1) is 6.42 Å². The second-order valence-electron chi connectivity index (χ2n) is 1.17. The molecule has 6 heavy (non-hydrogen) atoms. The molecule has 0 heterocycles. The van der Waals surface area contributed by atoms with E-state index in [1.807, 2.05) is 13.3 Å². The zero-order valence-corrected chi connectivity index (χ0v) is 4.44. The highest BCUT2D eigenvalue weighted by molar-refractivity contribution is 4.90. The van der Waals surface area contributed by atoms with Crippen LogP contribution >= 0.6 is 0 Å². The van der Waals surface area contributed by atoms with Crippen molar-refractivity contribution in [3.63, 3.8) is 0 Å². The third kappa shape index (κ3) is 3.61. The molecule has 0 atom stereocenters. The molecule has 0 amide bonds. The predicted octanol–water partition coefficient (Wildman–Crippen LogP) is 2.18. The first-order valence-corrected chi connectivity index (χ1v) is 2.36. The van der Waals surface area contributed by atoms with E-state index in [1.54, 1.807) is 0 Å². The smallest absolute Gasteiger partial charge is 0.0439 e. The van der Waals surface area contributed by atoms with Crippen LogP contribution in [0.5, 0.6) is 0 Å². The summed E-state index contributed by atoms with van der Waals surface area (Å²) in [7, 11) is 0. The normalized spacial score (nSPS) is 9.67. The second-order valence-corrected chi connectivity index (χ2v) is 1.17. The van der Waals surface area contributed by atoms with Gasteiger partial charge >= 0.3 is 0 Å². The molecule has 0 unspecified atom stereocenters. The molecule has 0 aromatic carbocycles. The Labute approximate surface area is 39.9 Å². The molecule has 0 aliphatic heterocycles. The number of hydrogen-bond acceptors (Lipinski definition) is 0. The lowest BCUT2D eigenvalue weighted by Gasteiger charge is -1.62. The highest BCUT2D eigenvalue weighted by atomic mass is 13.7. The van der Waals surface area contributed by atoms with E-state index >= 15 is 0 Å². The fourth-order valence-corrected chi connectivity index (χ4v) is 0.272. The van der Waals surface area contributed by atoms with Crippen LogP contribution in [0.15, 0.2) is 12.2 Å². The average molecular weight is 83.2 g/mol. The number of hydrogen-bond donors (Lipinski definition) is 0. The molecular formula is C6H11+. The van der Waals surface area contributed by atoms with Crippen molar-refractivity contribution in [2.24, 2.45) is 0 Å². The Balaban J connectivity index is 2.73. The van der Waals surface area contributed by atoms with Crippen molar-refractivity contribution in [3.8, 4) is 0 Å². The Morgan fingerprint density at radius 3 is 2.50 bits per heavy atom. The molecule has 0 spiro atoms. The summed E-state index contributed by atoms with van der Waals surface area (Å²) in [6, 6.07) is 0. The maximum Gasteiger partial charge on any atom is 0.0890 e. The Bertz CT molecular complexity index is 29.3. The lowest BCUT2D eigenvalue weighted by molar-refractivity contribution is 1.22. The molecule has 0 aliphatic rings. The molecule has 0 aromatic rings. The number of rotatable bonds is 2. The van der Waals surface area contributed by atoms with E-state index in [2.05, 4.69) is 19.1 Å². The quantitative estimate of drug-likeness (QED) is 0.449. The summed E-state index contributed by atoms with van der Waals surface area (Å²) in [6.07, 6.45) is 7.36. The van der Waals surface area contributed by atoms with Crippen molar-refractivity contribution in [2.45, 2.75) is 20.3 Å². The van der Waals surface area contributed by atoms with Gasteiger partial charge in [-0.3, -0.25) is 0 Å². The van der Waals surface area contributed by atoms with Gasteiger partial charge in [0.2, 0.25) is 0 Å². The Morgan fingerprint density at radius 1 is 1.67 bits per heavy atom. The van der Waals surface area contributed by atoms with Crippen molar-refractivity contribution < 1.29 is 0 Å². The van der Waals surface area contributed by atoms with E-state index in [-0.39, 0.29) is 0 Å². The zero-order valence-electron chi connectivity index (χ0n) is 4.44. The predicted molar refractivity (Wildman–Crippen MR) is 29.4 cm³/mol. The van der Waals surface area contributed by atoms with E-state index in [9.17, 15) is 0 Å². The van der Waals surface area contributed by atoms with Crippen molar-refractivity contribution >= 4 is 0 Å². The van der Waals surface area contributed by atoms with Crippen molar-refractivity contribution in [1.29, 1.82) is 0 Å². The molecule has 0 saturated carbocycles. The molecule has 0 saturated heterocycles. The summed E-state index contributed by atoms with van der Waals surface area (Å²) in [5, 5.41) is 0. The van der Waals surface area contributed by atoms with Gasteiger partial charge in [0.15, 0.2) is 0 Å². The van der Waals surface area contributed by atoms with Crippen LogP contribution < -0.4 is 0 Å². The van der Waals surface area contributed by atoms with Crippen LogP contribution in [0.4, 0.5) is 0 Å². The highest BCUT2D eigenvalue weighted by Gasteiger charge is 1.70. The fraction of sp³-hybridized carbons (Fsp3) is 0.500. The summed E-state index contributed by atoms with van der Waals surface area (Å²) < 4.78 is 0. The van der Waals surface area contributed by atoms with Gasteiger partial charge in [-0.1, -0.05) is 0 Å². The molecule has 0 heteroatoms. The lowest BCUT2D eigenvalue weighted by atomic mass is 10.4. The van der Waals surface area contributed by atoms with E-state index < -0.39 is 0 Å². The molecule has 0 N–H and O–H groups in total. The molecule has 0 aliphatic carbocycles. The summed E-state index contributed by atoms with van der Waals surface area (Å²) >= 11 is 0. The van der Waals surface area contributed by atoms with E-state index in [0.29, 0.717) is 0 Å². The number of allylic oxidation sites excluding steroid dienone is 2. The summed E-state index contributed by atoms with van der Waals surface area (Å²) in [5.74, 6) is 0. The molecule has 0 radical (unpaired) electrons. The average Bonchev–Trinajstić information content (AvgIpc) is 1.61. The molecule has 0 aromatic heterocycles. The van der Waals surface area contributed by atoms with E-state index in [1.165, 1.54) is 0 Å². The van der Waals surface area contributed by atoms with Gasteiger partial charge in [0.05, 0.1) is 6.08 Å². The highest BCUT2D eigenvalue weighted by Crippen LogP contribution is 1.80. The molecule has 34 valence electrons. The zero-order chi connectivity index (χ0) is 4.83. The molecule has 0 bridgehead atoms. The minimum atomic E-state index is 1.14. The Morgan fingerprint density at radius 2 is 2.33 bits per heavy atom. The third-order valence-electron chi connectivity index (χ3n) is 0.564. The standard InChI is InChI=1S/C6H11/c1-3-5-6-4-2/h3,5-6H,4H2,1-2H3/q+1/b6-5-. The molecule has 0 fully saturated rings. The van der Waals surface area contributed by atoms with Gasteiger partial charge in [0.25, 0.3) is 0 Å². The first-order valence-electron chi connectivity index (χ1n) is 2.36. The van der Waals surface area contributed by atoms with Crippen molar-refractivity contribution in [1.82, 2.24) is 0 Å². The first-order chi connectivity index (χ1) is 2.91. The van der Waals surface area contributed by atoms with Gasteiger partial charge in [0, 0.05) is 25.8 Å². The van der Waals surface area contributed by atoms with E-state index in [4.69, 9.17) is 0 Å². The fourth-order valence-electron chi connectivity index (χ4n) is 0.272. The summed E-state index contributed by atoms with van der Waals surface area (Å²) in [5.41, 5.74) is 0. The van der Waals surface area contributed by atoms with Gasteiger partial charge in [-0.2, -0.15) is 0 Å². The first kappa shape index (κ1) is 5.61. The molecular weight excluding hydrogens is 72.1 g/mol. The minimum absolute atomic E-state index is 1.14. The topological polar surface area (TPSA) is 0 Å². The van der Waals surface area contributed by atoms with Crippen LogP contribution in [0.1, 0.15) is 20.3 Å². The van der Waals surface area contributed by atoms with E-state index in [0.717, 1.165) is 6.42 Å². The molecule has 0 rings (SSSR count). The second kappa shape index (κ2) is 4.61. The van der Waals surface area contributed by atoms with Crippen molar-refractivity contribution in [3.05, 3.63) is 18.6 Å². The van der Waals surface area contributed by atoms with Gasteiger partial charge in [-0.15, -0.1) is 0 Å². The lowest BCUT2D eigenvalue weighted by Crippen LogP contribution is -1.52. The molecule has 0 nitrogen and oxygen atoms in total. The Kier molecular flexibility index (Phi) is 4.31. The van der Waals surface area contributed by atoms with Crippen LogP contribution in [0.3, 0.4) is 0 Å². The van der Waals surface area contributed by atoms with Gasteiger partial charge < -0.3 is 0 Å². The van der Waals surface area contributed by atoms with Gasteiger partial charge in [-0.25, -0.2) is 0 Å². The van der Waals surface area contributed by atoms with Crippen LogP contribution in [-0.2, 0) is 0 Å². The van der Waals surface area contributed by atoms with Crippen LogP contribution in [-0.4, -0.2) is 0 Å². The Hall–Kier alpha value is -0.390. The monoisotopic (exact) mass is 83.1 g/mol. The SMILES string of the molecule is C[CH+]/C=C\CC. The summed E-state index contributed by atoms with van der Waals surface area (Å²) in [4.78, 5) is 0. The third-order valence-corrected chi connectivity index (χ3v) is 0.564. The maximum absolute atomic E-state index is 2.12. The van der Waals surface area contributed by atoms with Crippen LogP contribution in [0.25, 0.3) is 0 Å². The van der Waals surface area contributed by atoms with Crippen molar-refractivity contribution in [2.75, 3.05) is 0 Å². The van der Waals surface area contributed by atoms with Crippen LogP contribution in [0.2, 0.25) is 0 Å². The summed E-state index contributed by atoms with van der Waals surface area (Å²) in [6.45, 7) is 4.14. The van der Waals surface area contributed by atoms with Gasteiger partial charge in [0.1, 0.15) is 0 Å². The maximum atomic E-state index is 2.12. The largest absolute Gasteiger partial charge is 0.0890 e.